The Balaban J connectivity index is 1.95. The standard InChI is InChI=1S/C21H24O3/c1-4-16-23-20-12-8-18(9-13-20)6-7-19-10-14-21(15-11-19)24-17(3)22-5-2/h8-15,17H,4-5,16H2,1-3H3. The topological polar surface area (TPSA) is 27.7 Å². The van der Waals surface area contributed by atoms with Crippen LogP contribution in [0.25, 0.3) is 0 Å². The first kappa shape index (κ1) is 17.9. The Labute approximate surface area is 144 Å². The van der Waals surface area contributed by atoms with Gasteiger partial charge in [0.1, 0.15) is 11.5 Å². The maximum atomic E-state index is 5.63. The minimum atomic E-state index is -0.250. The maximum absolute atomic E-state index is 5.63. The average molecular weight is 324 g/mol. The van der Waals surface area contributed by atoms with Crippen molar-refractivity contribution in [2.45, 2.75) is 33.5 Å². The first-order valence-corrected chi connectivity index (χ1v) is 8.34. The summed E-state index contributed by atoms with van der Waals surface area (Å²) >= 11 is 0. The van der Waals surface area contributed by atoms with Crippen LogP contribution >= 0.6 is 0 Å². The third kappa shape index (κ3) is 5.98. The molecule has 24 heavy (non-hydrogen) atoms. The van der Waals surface area contributed by atoms with Crippen LogP contribution in [0.3, 0.4) is 0 Å². The van der Waals surface area contributed by atoms with Gasteiger partial charge in [-0.15, -0.1) is 0 Å². The van der Waals surface area contributed by atoms with Gasteiger partial charge in [-0.1, -0.05) is 18.8 Å². The summed E-state index contributed by atoms with van der Waals surface area (Å²) in [7, 11) is 0. The Morgan fingerprint density at radius 1 is 0.833 bits per heavy atom. The average Bonchev–Trinajstić information content (AvgIpc) is 2.60. The second kappa shape index (κ2) is 9.64. The lowest BCUT2D eigenvalue weighted by Crippen LogP contribution is -2.15. The molecule has 0 N–H and O–H groups in total. The monoisotopic (exact) mass is 324 g/mol. The molecule has 126 valence electrons. The van der Waals surface area contributed by atoms with Crippen molar-refractivity contribution in [2.75, 3.05) is 13.2 Å². The van der Waals surface area contributed by atoms with Crippen LogP contribution < -0.4 is 9.47 Å². The lowest BCUT2D eigenvalue weighted by Gasteiger charge is -2.13. The first-order valence-electron chi connectivity index (χ1n) is 8.34. The van der Waals surface area contributed by atoms with Gasteiger partial charge in [0.05, 0.1) is 6.61 Å². The summed E-state index contributed by atoms with van der Waals surface area (Å²) in [5.41, 5.74) is 1.90. The largest absolute Gasteiger partial charge is 0.494 e. The van der Waals surface area contributed by atoms with Crippen LogP contribution in [0.2, 0.25) is 0 Å². The summed E-state index contributed by atoms with van der Waals surface area (Å²) in [5, 5.41) is 0. The minimum Gasteiger partial charge on any atom is -0.494 e. The van der Waals surface area contributed by atoms with Gasteiger partial charge >= 0.3 is 0 Å². The van der Waals surface area contributed by atoms with E-state index in [0.29, 0.717) is 6.61 Å². The van der Waals surface area contributed by atoms with Crippen molar-refractivity contribution in [3.8, 4) is 23.3 Å². The zero-order valence-corrected chi connectivity index (χ0v) is 14.5. The van der Waals surface area contributed by atoms with Gasteiger partial charge in [-0.25, -0.2) is 0 Å². The van der Waals surface area contributed by atoms with Crippen molar-refractivity contribution in [1.29, 1.82) is 0 Å². The summed E-state index contributed by atoms with van der Waals surface area (Å²) in [6.45, 7) is 7.29. The van der Waals surface area contributed by atoms with Crippen molar-refractivity contribution in [2.24, 2.45) is 0 Å². The predicted octanol–water partition coefficient (Wildman–Crippen LogP) is 4.64. The van der Waals surface area contributed by atoms with Gasteiger partial charge < -0.3 is 14.2 Å². The summed E-state index contributed by atoms with van der Waals surface area (Å²) in [6.07, 6.45) is 0.755. The lowest BCUT2D eigenvalue weighted by atomic mass is 10.2. The summed E-state index contributed by atoms with van der Waals surface area (Å²) in [6, 6.07) is 15.5. The third-order valence-electron chi connectivity index (χ3n) is 3.24. The molecule has 0 spiro atoms. The van der Waals surface area contributed by atoms with E-state index in [4.69, 9.17) is 14.2 Å². The highest BCUT2D eigenvalue weighted by molar-refractivity contribution is 5.45. The molecule has 0 aromatic heterocycles. The Bertz CT molecular complexity index is 663. The van der Waals surface area contributed by atoms with Crippen LogP contribution in [0.1, 0.15) is 38.3 Å². The molecule has 2 rings (SSSR count). The van der Waals surface area contributed by atoms with Gasteiger partial charge in [0.15, 0.2) is 6.29 Å². The molecule has 0 saturated carbocycles. The quantitative estimate of drug-likeness (QED) is 0.549. The van der Waals surface area contributed by atoms with E-state index in [9.17, 15) is 0 Å². The molecule has 1 atom stereocenters. The van der Waals surface area contributed by atoms with Gasteiger partial charge in [-0.3, -0.25) is 0 Å². The molecule has 2 aromatic rings. The molecule has 0 fully saturated rings. The van der Waals surface area contributed by atoms with E-state index in [1.807, 2.05) is 62.4 Å². The fourth-order valence-corrected chi connectivity index (χ4v) is 2.08. The summed E-state index contributed by atoms with van der Waals surface area (Å²) < 4.78 is 16.6. The molecular weight excluding hydrogens is 300 g/mol. The van der Waals surface area contributed by atoms with Crippen LogP contribution in [0.5, 0.6) is 11.5 Å². The van der Waals surface area contributed by atoms with Gasteiger partial charge in [-0.2, -0.15) is 0 Å². The fourth-order valence-electron chi connectivity index (χ4n) is 2.08. The van der Waals surface area contributed by atoms with Crippen molar-refractivity contribution in [1.82, 2.24) is 0 Å². The van der Waals surface area contributed by atoms with Gasteiger partial charge in [0.2, 0.25) is 0 Å². The Hall–Kier alpha value is -2.44. The number of benzene rings is 2. The number of ether oxygens (including phenoxy) is 3. The number of rotatable bonds is 7. The molecule has 0 aliphatic carbocycles. The van der Waals surface area contributed by atoms with Crippen molar-refractivity contribution in [3.05, 3.63) is 59.7 Å². The van der Waals surface area contributed by atoms with Gasteiger partial charge in [0.25, 0.3) is 0 Å². The first-order chi connectivity index (χ1) is 11.7. The molecule has 0 amide bonds. The zero-order chi connectivity index (χ0) is 17.2. The predicted molar refractivity (Wildman–Crippen MR) is 96.4 cm³/mol. The zero-order valence-electron chi connectivity index (χ0n) is 14.5. The smallest absolute Gasteiger partial charge is 0.196 e. The Kier molecular flexibility index (Phi) is 7.20. The van der Waals surface area contributed by atoms with E-state index in [1.165, 1.54) is 0 Å². The molecular formula is C21H24O3. The second-order valence-corrected chi connectivity index (χ2v) is 5.29. The van der Waals surface area contributed by atoms with Crippen molar-refractivity contribution >= 4 is 0 Å². The van der Waals surface area contributed by atoms with Crippen LogP contribution in [-0.2, 0) is 4.74 Å². The second-order valence-electron chi connectivity index (χ2n) is 5.29. The van der Waals surface area contributed by atoms with E-state index in [-0.39, 0.29) is 6.29 Å². The van der Waals surface area contributed by atoms with E-state index in [1.54, 1.807) is 0 Å². The normalized spacial score (nSPS) is 11.3. The molecule has 3 heteroatoms. The highest BCUT2D eigenvalue weighted by Gasteiger charge is 2.02. The molecule has 0 radical (unpaired) electrons. The fraction of sp³-hybridized carbons (Fsp3) is 0.333. The molecule has 2 aromatic carbocycles. The maximum Gasteiger partial charge on any atom is 0.196 e. The Morgan fingerprint density at radius 2 is 1.38 bits per heavy atom. The number of hydrogen-bond acceptors (Lipinski definition) is 3. The van der Waals surface area contributed by atoms with Crippen LogP contribution in [0.4, 0.5) is 0 Å². The SMILES string of the molecule is CCCOc1ccc(C#Cc2ccc(OC(C)OCC)cc2)cc1. The van der Waals surface area contributed by atoms with Crippen LogP contribution in [-0.4, -0.2) is 19.5 Å². The van der Waals surface area contributed by atoms with Crippen molar-refractivity contribution in [3.63, 3.8) is 0 Å². The van der Waals surface area contributed by atoms with E-state index < -0.39 is 0 Å². The van der Waals surface area contributed by atoms with Crippen LogP contribution in [0.15, 0.2) is 48.5 Å². The molecule has 1 unspecified atom stereocenters. The van der Waals surface area contributed by atoms with Crippen LogP contribution in [0, 0.1) is 11.8 Å². The molecule has 3 nitrogen and oxygen atoms in total. The molecule has 0 saturated heterocycles. The molecule has 0 aliphatic rings. The van der Waals surface area contributed by atoms with Gasteiger partial charge in [0, 0.05) is 17.7 Å². The van der Waals surface area contributed by atoms with Crippen molar-refractivity contribution < 1.29 is 14.2 Å². The third-order valence-corrected chi connectivity index (χ3v) is 3.24. The molecule has 0 heterocycles. The Morgan fingerprint density at radius 3 is 1.88 bits per heavy atom. The van der Waals surface area contributed by atoms with E-state index in [0.717, 1.165) is 35.7 Å². The highest BCUT2D eigenvalue weighted by Crippen LogP contribution is 2.15. The van der Waals surface area contributed by atoms with E-state index in [2.05, 4.69) is 18.8 Å². The molecule has 0 bridgehead atoms. The number of hydrogen-bond donors (Lipinski definition) is 0. The summed E-state index contributed by atoms with van der Waals surface area (Å²) in [4.78, 5) is 0. The lowest BCUT2D eigenvalue weighted by molar-refractivity contribution is -0.0613. The summed E-state index contributed by atoms with van der Waals surface area (Å²) in [5.74, 6) is 7.96. The van der Waals surface area contributed by atoms with Gasteiger partial charge in [-0.05, 0) is 68.8 Å². The highest BCUT2D eigenvalue weighted by atomic mass is 16.7. The minimum absolute atomic E-state index is 0.250. The molecule has 0 aliphatic heterocycles. The van der Waals surface area contributed by atoms with E-state index >= 15 is 0 Å².